The Morgan fingerprint density at radius 3 is 2.74 bits per heavy atom. The summed E-state index contributed by atoms with van der Waals surface area (Å²) in [4.78, 5) is 34.0. The van der Waals surface area contributed by atoms with Crippen molar-refractivity contribution in [2.24, 2.45) is 5.73 Å². The van der Waals surface area contributed by atoms with Crippen LogP contribution in [0, 0.1) is 6.92 Å². The predicted octanol–water partition coefficient (Wildman–Crippen LogP) is 0.974. The largest absolute Gasteiger partial charge is 0.364 e. The summed E-state index contributed by atoms with van der Waals surface area (Å²) in [6, 6.07) is 1.44. The molecule has 0 bridgehead atoms. The highest BCUT2D eigenvalue weighted by atomic mass is 16.2. The molecule has 1 aliphatic heterocycles. The van der Waals surface area contributed by atoms with Gasteiger partial charge in [-0.25, -0.2) is 4.98 Å². The molecule has 120 valence electrons. The number of H-pyrrole nitrogens is 1. The van der Waals surface area contributed by atoms with Crippen LogP contribution in [0.4, 0.5) is 0 Å². The lowest BCUT2D eigenvalue weighted by molar-refractivity contribution is 0.0599. The second-order valence-corrected chi connectivity index (χ2v) is 5.63. The van der Waals surface area contributed by atoms with Crippen LogP contribution in [-0.2, 0) is 0 Å². The molecule has 1 atom stereocenters. The molecule has 3 N–H and O–H groups in total. The summed E-state index contributed by atoms with van der Waals surface area (Å²) in [7, 11) is 0. The first kappa shape index (κ1) is 15.1. The summed E-state index contributed by atoms with van der Waals surface area (Å²) in [6.07, 6.45) is 5.79. The predicted molar refractivity (Wildman–Crippen MR) is 81.5 cm³/mol. The van der Waals surface area contributed by atoms with Crippen LogP contribution in [0.25, 0.3) is 0 Å². The monoisotopic (exact) mass is 314 g/mol. The molecule has 0 aromatic carbocycles. The Labute approximate surface area is 133 Å². The van der Waals surface area contributed by atoms with E-state index in [-0.39, 0.29) is 17.6 Å². The van der Waals surface area contributed by atoms with Gasteiger partial charge in [-0.15, -0.1) is 0 Å². The number of aromatic nitrogens is 4. The summed E-state index contributed by atoms with van der Waals surface area (Å²) in [5, 5.41) is 6.73. The molecular weight excluding hydrogens is 296 g/mol. The van der Waals surface area contributed by atoms with Gasteiger partial charge in [-0.2, -0.15) is 5.10 Å². The number of carbonyl (C=O) groups is 2. The molecule has 0 aliphatic carbocycles. The van der Waals surface area contributed by atoms with E-state index in [4.69, 9.17) is 5.73 Å². The van der Waals surface area contributed by atoms with E-state index in [2.05, 4.69) is 20.2 Å². The Balaban J connectivity index is 1.87. The molecule has 23 heavy (non-hydrogen) atoms. The lowest BCUT2D eigenvalue weighted by Gasteiger charge is -2.34. The smallest absolute Gasteiger partial charge is 0.274 e. The Hall–Kier alpha value is -2.77. The van der Waals surface area contributed by atoms with Crippen LogP contribution in [-0.4, -0.2) is 43.4 Å². The topological polar surface area (TPSA) is 118 Å². The third-order valence-corrected chi connectivity index (χ3v) is 3.97. The zero-order valence-electron chi connectivity index (χ0n) is 12.8. The lowest BCUT2D eigenvalue weighted by Crippen LogP contribution is -2.39. The second kappa shape index (κ2) is 6.15. The number of aromatic amines is 1. The first-order valence-electron chi connectivity index (χ1n) is 7.51. The number of aryl methyl sites for hydroxylation is 1. The van der Waals surface area contributed by atoms with Crippen molar-refractivity contribution >= 4 is 11.8 Å². The van der Waals surface area contributed by atoms with E-state index in [1.54, 1.807) is 17.2 Å². The molecule has 2 aromatic heterocycles. The minimum atomic E-state index is -0.592. The third-order valence-electron chi connectivity index (χ3n) is 3.97. The van der Waals surface area contributed by atoms with Crippen LogP contribution < -0.4 is 5.73 Å². The number of amides is 2. The molecule has 2 aromatic rings. The molecule has 3 heterocycles. The van der Waals surface area contributed by atoms with Gasteiger partial charge in [0.15, 0.2) is 0 Å². The molecule has 3 rings (SSSR count). The number of rotatable bonds is 3. The number of likely N-dealkylation sites (tertiary alicyclic amines) is 1. The molecule has 1 saturated heterocycles. The molecule has 0 unspecified atom stereocenters. The van der Waals surface area contributed by atoms with Gasteiger partial charge in [0.1, 0.15) is 11.4 Å². The number of nitrogens with one attached hydrogen (secondary N) is 1. The van der Waals surface area contributed by atoms with Crippen LogP contribution >= 0.6 is 0 Å². The van der Waals surface area contributed by atoms with Crippen LogP contribution in [0.3, 0.4) is 0 Å². The average Bonchev–Trinajstić information content (AvgIpc) is 3.05. The average molecular weight is 314 g/mol. The summed E-state index contributed by atoms with van der Waals surface area (Å²) in [6.45, 7) is 2.45. The minimum absolute atomic E-state index is 0.167. The van der Waals surface area contributed by atoms with Gasteiger partial charge in [-0.1, -0.05) is 0 Å². The number of hydrogen-bond donors (Lipinski definition) is 2. The van der Waals surface area contributed by atoms with E-state index < -0.39 is 5.91 Å². The molecule has 0 radical (unpaired) electrons. The fraction of sp³-hybridized carbons (Fsp3) is 0.400. The molecule has 8 heteroatoms. The molecule has 2 amide bonds. The van der Waals surface area contributed by atoms with Gasteiger partial charge in [0.05, 0.1) is 23.6 Å². The van der Waals surface area contributed by atoms with Crippen molar-refractivity contribution in [3.8, 4) is 0 Å². The molecule has 0 spiro atoms. The normalized spacial score (nSPS) is 18.0. The van der Waals surface area contributed by atoms with Gasteiger partial charge in [0, 0.05) is 12.7 Å². The van der Waals surface area contributed by atoms with Gasteiger partial charge in [-0.05, 0) is 32.3 Å². The summed E-state index contributed by atoms with van der Waals surface area (Å²) >= 11 is 0. The fourth-order valence-electron chi connectivity index (χ4n) is 2.78. The van der Waals surface area contributed by atoms with Crippen molar-refractivity contribution in [2.75, 3.05) is 6.54 Å². The number of piperidine rings is 1. The quantitative estimate of drug-likeness (QED) is 0.875. The van der Waals surface area contributed by atoms with Gasteiger partial charge in [-0.3, -0.25) is 19.7 Å². The van der Waals surface area contributed by atoms with Crippen LogP contribution in [0.1, 0.15) is 57.7 Å². The van der Waals surface area contributed by atoms with Gasteiger partial charge in [0.2, 0.25) is 0 Å². The van der Waals surface area contributed by atoms with Crippen LogP contribution in [0.5, 0.6) is 0 Å². The van der Waals surface area contributed by atoms with Crippen molar-refractivity contribution < 1.29 is 9.59 Å². The van der Waals surface area contributed by atoms with Crippen molar-refractivity contribution in [3.63, 3.8) is 0 Å². The summed E-state index contributed by atoms with van der Waals surface area (Å²) in [5.74, 6) is -0.761. The Kier molecular flexibility index (Phi) is 4.05. The highest BCUT2D eigenvalue weighted by Gasteiger charge is 2.31. The van der Waals surface area contributed by atoms with E-state index >= 15 is 0 Å². The summed E-state index contributed by atoms with van der Waals surface area (Å²) in [5.41, 5.74) is 7.20. The molecule has 8 nitrogen and oxygen atoms in total. The van der Waals surface area contributed by atoms with Gasteiger partial charge in [0.25, 0.3) is 11.8 Å². The standard InChI is InChI=1S/C15H18N6O2/c1-9-7-18-12(8-17-9)15(23)21-5-3-2-4-13(21)10-6-11(14(16)22)20-19-10/h6-8,13H,2-5H2,1H3,(H2,16,22)(H,19,20)/t13-/m0/s1. The van der Waals surface area contributed by atoms with Crippen LogP contribution in [0.15, 0.2) is 18.5 Å². The van der Waals surface area contributed by atoms with Gasteiger partial charge < -0.3 is 10.6 Å². The van der Waals surface area contributed by atoms with E-state index in [1.807, 2.05) is 6.92 Å². The molecule has 0 saturated carbocycles. The fourth-order valence-corrected chi connectivity index (χ4v) is 2.78. The number of primary amides is 1. The lowest BCUT2D eigenvalue weighted by atomic mass is 9.98. The Morgan fingerprint density at radius 2 is 2.09 bits per heavy atom. The first-order valence-corrected chi connectivity index (χ1v) is 7.51. The molecule has 1 fully saturated rings. The molecule has 1 aliphatic rings. The number of nitrogens with zero attached hydrogens (tertiary/aromatic N) is 4. The van der Waals surface area contributed by atoms with Crippen molar-refractivity contribution in [3.05, 3.63) is 41.2 Å². The van der Waals surface area contributed by atoms with Crippen molar-refractivity contribution in [1.29, 1.82) is 0 Å². The van der Waals surface area contributed by atoms with E-state index in [1.165, 1.54) is 6.20 Å². The Bertz CT molecular complexity index is 724. The maximum absolute atomic E-state index is 12.7. The third kappa shape index (κ3) is 3.05. The number of nitrogens with two attached hydrogens (primary N) is 1. The number of carbonyl (C=O) groups excluding carboxylic acids is 2. The van der Waals surface area contributed by atoms with Crippen molar-refractivity contribution in [2.45, 2.75) is 32.2 Å². The summed E-state index contributed by atoms with van der Waals surface area (Å²) < 4.78 is 0. The maximum atomic E-state index is 12.7. The van der Waals surface area contributed by atoms with E-state index in [0.29, 0.717) is 17.9 Å². The number of hydrogen-bond acceptors (Lipinski definition) is 5. The first-order chi connectivity index (χ1) is 11.1. The maximum Gasteiger partial charge on any atom is 0.274 e. The highest BCUT2D eigenvalue weighted by molar-refractivity contribution is 5.92. The highest BCUT2D eigenvalue weighted by Crippen LogP contribution is 2.31. The van der Waals surface area contributed by atoms with E-state index in [9.17, 15) is 9.59 Å². The SMILES string of the molecule is Cc1cnc(C(=O)N2CCCC[C@H]2c2cc(C(N)=O)n[nH]2)cn1. The Morgan fingerprint density at radius 1 is 1.26 bits per heavy atom. The second-order valence-electron chi connectivity index (χ2n) is 5.63. The minimum Gasteiger partial charge on any atom is -0.364 e. The van der Waals surface area contributed by atoms with Crippen molar-refractivity contribution in [1.82, 2.24) is 25.1 Å². The molecular formula is C15H18N6O2. The zero-order chi connectivity index (χ0) is 16.4. The van der Waals surface area contributed by atoms with Crippen LogP contribution in [0.2, 0.25) is 0 Å². The zero-order valence-corrected chi connectivity index (χ0v) is 12.8. The van der Waals surface area contributed by atoms with Gasteiger partial charge >= 0.3 is 0 Å². The van der Waals surface area contributed by atoms with E-state index in [0.717, 1.165) is 25.0 Å².